The molecule has 0 aliphatic heterocycles. The minimum absolute atomic E-state index is 0.0425. The molecule has 0 unspecified atom stereocenters. The van der Waals surface area contributed by atoms with Gasteiger partial charge in [0.2, 0.25) is 5.75 Å². The molecule has 0 aliphatic carbocycles. The van der Waals surface area contributed by atoms with Crippen LogP contribution in [0.15, 0.2) is 27.4 Å². The van der Waals surface area contributed by atoms with Crippen LogP contribution < -0.4 is 10.1 Å². The molecule has 0 amide bonds. The Morgan fingerprint density at radius 1 is 1.39 bits per heavy atom. The third-order valence-corrected chi connectivity index (χ3v) is 3.10. The van der Waals surface area contributed by atoms with Gasteiger partial charge in [-0.3, -0.25) is 0 Å². The van der Waals surface area contributed by atoms with Crippen molar-refractivity contribution in [2.24, 2.45) is 0 Å². The van der Waals surface area contributed by atoms with Crippen LogP contribution in [0.25, 0.3) is 11.0 Å². The maximum atomic E-state index is 11.6. The molecule has 0 saturated carbocycles. The standard InChI is InChI=1S/C10H7Cl2O5P/c1-5-7-3-2-6(13)4-8(7)16-10(14)9(5)17-18(11,12)15/h2-4,13H,1H3. The van der Waals surface area contributed by atoms with E-state index in [0.717, 1.165) is 0 Å². The highest BCUT2D eigenvalue weighted by atomic mass is 35.9. The molecule has 2 aromatic rings. The van der Waals surface area contributed by atoms with Crippen LogP contribution in [-0.4, -0.2) is 5.11 Å². The molecule has 2 rings (SSSR count). The first kappa shape index (κ1) is 13.3. The van der Waals surface area contributed by atoms with E-state index in [1.807, 2.05) is 0 Å². The van der Waals surface area contributed by atoms with Crippen LogP contribution in [0.2, 0.25) is 0 Å². The van der Waals surface area contributed by atoms with Gasteiger partial charge in [-0.2, -0.15) is 0 Å². The van der Waals surface area contributed by atoms with E-state index in [1.54, 1.807) is 6.92 Å². The molecule has 8 heteroatoms. The molecule has 1 aromatic carbocycles. The molecule has 0 radical (unpaired) electrons. The third kappa shape index (κ3) is 2.64. The monoisotopic (exact) mass is 308 g/mol. The highest BCUT2D eigenvalue weighted by Crippen LogP contribution is 2.57. The molecule has 1 heterocycles. The van der Waals surface area contributed by atoms with Gasteiger partial charge in [0, 0.05) is 39.5 Å². The van der Waals surface area contributed by atoms with Crippen LogP contribution in [0.1, 0.15) is 5.56 Å². The van der Waals surface area contributed by atoms with Gasteiger partial charge in [0.15, 0.2) is 0 Å². The first-order valence-electron chi connectivity index (χ1n) is 4.73. The Balaban J connectivity index is 2.73. The van der Waals surface area contributed by atoms with E-state index in [-0.39, 0.29) is 17.1 Å². The van der Waals surface area contributed by atoms with Gasteiger partial charge in [0.05, 0.1) is 0 Å². The Bertz CT molecular complexity index is 718. The zero-order chi connectivity index (χ0) is 13.5. The highest BCUT2D eigenvalue weighted by molar-refractivity contribution is 8.05. The van der Waals surface area contributed by atoms with Gasteiger partial charge in [0.1, 0.15) is 11.3 Å². The summed E-state index contributed by atoms with van der Waals surface area (Å²) in [6, 6.07) is 4.23. The Morgan fingerprint density at radius 3 is 2.67 bits per heavy atom. The lowest BCUT2D eigenvalue weighted by Gasteiger charge is -2.09. The fraction of sp³-hybridized carbons (Fsp3) is 0.100. The van der Waals surface area contributed by atoms with Crippen molar-refractivity contribution in [1.82, 2.24) is 0 Å². The molecule has 0 spiro atoms. The second-order valence-corrected chi connectivity index (χ2v) is 7.73. The van der Waals surface area contributed by atoms with Crippen molar-refractivity contribution in [2.45, 2.75) is 6.92 Å². The van der Waals surface area contributed by atoms with E-state index in [0.29, 0.717) is 10.9 Å². The summed E-state index contributed by atoms with van der Waals surface area (Å²) in [5, 5.41) is 9.81. The summed E-state index contributed by atoms with van der Waals surface area (Å²) in [7, 11) is 0. The molecule has 0 bridgehead atoms. The molecule has 0 fully saturated rings. The van der Waals surface area contributed by atoms with Gasteiger partial charge in [-0.15, -0.1) is 0 Å². The minimum Gasteiger partial charge on any atom is -0.508 e. The number of halogens is 2. The maximum Gasteiger partial charge on any atom is 0.428 e. The van der Waals surface area contributed by atoms with Crippen molar-refractivity contribution in [3.63, 3.8) is 0 Å². The lowest BCUT2D eigenvalue weighted by atomic mass is 10.1. The number of phenols is 1. The third-order valence-electron chi connectivity index (χ3n) is 2.30. The summed E-state index contributed by atoms with van der Waals surface area (Å²) in [4.78, 5) is 11.6. The second-order valence-electron chi connectivity index (χ2n) is 3.53. The average molecular weight is 309 g/mol. The fourth-order valence-electron chi connectivity index (χ4n) is 1.54. The summed E-state index contributed by atoms with van der Waals surface area (Å²) in [5.74, 6) is -0.347. The molecular formula is C10H7Cl2O5P. The predicted octanol–water partition coefficient (Wildman–Crippen LogP) is 3.77. The highest BCUT2D eigenvalue weighted by Gasteiger charge is 2.22. The van der Waals surface area contributed by atoms with Crippen LogP contribution in [0.5, 0.6) is 11.5 Å². The molecule has 1 aromatic heterocycles. The number of hydrogen-bond donors (Lipinski definition) is 1. The zero-order valence-electron chi connectivity index (χ0n) is 9.02. The van der Waals surface area contributed by atoms with E-state index in [9.17, 15) is 14.5 Å². The molecule has 0 saturated heterocycles. The predicted molar refractivity (Wildman–Crippen MR) is 68.8 cm³/mol. The molecule has 18 heavy (non-hydrogen) atoms. The van der Waals surface area contributed by atoms with Crippen molar-refractivity contribution in [1.29, 1.82) is 0 Å². The summed E-state index contributed by atoms with van der Waals surface area (Å²) in [5.41, 5.74) is -0.307. The van der Waals surface area contributed by atoms with E-state index in [4.69, 9.17) is 31.4 Å². The number of phenolic OH excluding ortho intramolecular Hbond substituents is 1. The van der Waals surface area contributed by atoms with E-state index < -0.39 is 11.7 Å². The average Bonchev–Trinajstić information content (AvgIpc) is 2.22. The smallest absolute Gasteiger partial charge is 0.428 e. The molecule has 96 valence electrons. The normalized spacial score (nSPS) is 11.7. The quantitative estimate of drug-likeness (QED) is 0.675. The van der Waals surface area contributed by atoms with Crippen LogP contribution in [0.4, 0.5) is 0 Å². The number of aromatic hydroxyl groups is 1. The minimum atomic E-state index is -3.89. The Kier molecular flexibility index (Phi) is 3.32. The van der Waals surface area contributed by atoms with Gasteiger partial charge < -0.3 is 14.0 Å². The Morgan fingerprint density at radius 2 is 2.06 bits per heavy atom. The molecule has 0 atom stereocenters. The van der Waals surface area contributed by atoms with E-state index >= 15 is 0 Å². The van der Waals surface area contributed by atoms with Gasteiger partial charge >= 0.3 is 11.7 Å². The van der Waals surface area contributed by atoms with Crippen LogP contribution >= 0.6 is 28.6 Å². The van der Waals surface area contributed by atoms with E-state index in [2.05, 4.69) is 0 Å². The SMILES string of the molecule is Cc1c(OP(=O)(Cl)Cl)c(=O)oc2cc(O)ccc12. The number of aryl methyl sites for hydroxylation is 1. The van der Waals surface area contributed by atoms with Crippen molar-refractivity contribution in [3.05, 3.63) is 34.2 Å². The van der Waals surface area contributed by atoms with E-state index in [1.165, 1.54) is 18.2 Å². The lowest BCUT2D eigenvalue weighted by molar-refractivity contribution is 0.463. The maximum absolute atomic E-state index is 11.6. The Labute approximate surface area is 111 Å². The molecule has 1 N–H and O–H groups in total. The van der Waals surface area contributed by atoms with Crippen LogP contribution in [-0.2, 0) is 4.57 Å². The summed E-state index contributed by atoms with van der Waals surface area (Å²) < 4.78 is 20.8. The molecular weight excluding hydrogens is 302 g/mol. The molecule has 0 aliphatic rings. The zero-order valence-corrected chi connectivity index (χ0v) is 11.4. The van der Waals surface area contributed by atoms with Crippen LogP contribution in [0.3, 0.4) is 0 Å². The number of rotatable bonds is 2. The first-order valence-corrected chi connectivity index (χ1v) is 8.17. The van der Waals surface area contributed by atoms with Gasteiger partial charge in [-0.05, 0) is 19.1 Å². The molecule has 5 nitrogen and oxygen atoms in total. The van der Waals surface area contributed by atoms with Crippen molar-refractivity contribution < 1.29 is 18.6 Å². The first-order chi connectivity index (χ1) is 8.28. The number of hydrogen-bond acceptors (Lipinski definition) is 5. The van der Waals surface area contributed by atoms with Gasteiger partial charge in [-0.1, -0.05) is 0 Å². The Hall–Kier alpha value is -1.16. The largest absolute Gasteiger partial charge is 0.508 e. The summed E-state index contributed by atoms with van der Waals surface area (Å²) >= 11 is 10.5. The summed E-state index contributed by atoms with van der Waals surface area (Å²) in [6.45, 7) is 1.56. The van der Waals surface area contributed by atoms with Crippen molar-refractivity contribution in [3.8, 4) is 11.5 Å². The lowest BCUT2D eigenvalue weighted by Crippen LogP contribution is -2.05. The van der Waals surface area contributed by atoms with Crippen LogP contribution in [0, 0.1) is 6.92 Å². The fourth-order valence-corrected chi connectivity index (χ4v) is 2.38. The second kappa shape index (κ2) is 4.50. The van der Waals surface area contributed by atoms with Crippen molar-refractivity contribution in [2.75, 3.05) is 0 Å². The summed E-state index contributed by atoms with van der Waals surface area (Å²) in [6.07, 6.45) is -3.89. The number of fused-ring (bicyclic) bond motifs is 1. The van der Waals surface area contributed by atoms with Crippen molar-refractivity contribution >= 4 is 39.5 Å². The topological polar surface area (TPSA) is 76.7 Å². The number of benzene rings is 1. The van der Waals surface area contributed by atoms with Gasteiger partial charge in [0.25, 0.3) is 0 Å². The van der Waals surface area contributed by atoms with Gasteiger partial charge in [-0.25, -0.2) is 9.36 Å².